The fraction of sp³-hybridized carbons (Fsp3) is 0.0476. The molecule has 1 aliphatic heterocycles. The van der Waals surface area contributed by atoms with Crippen molar-refractivity contribution in [2.24, 2.45) is 0 Å². The van der Waals surface area contributed by atoms with E-state index in [-0.39, 0.29) is 11.3 Å². The molecule has 1 saturated heterocycles. The van der Waals surface area contributed by atoms with E-state index >= 15 is 0 Å². The van der Waals surface area contributed by atoms with Gasteiger partial charge in [0.2, 0.25) is 0 Å². The number of carbonyl (C=O) groups excluding carboxylic acids is 2. The third-order valence-electron chi connectivity index (χ3n) is 4.45. The van der Waals surface area contributed by atoms with Crippen molar-refractivity contribution in [3.8, 4) is 0 Å². The second kappa shape index (κ2) is 6.84. The molecule has 0 spiro atoms. The zero-order chi connectivity index (χ0) is 18.8. The van der Waals surface area contributed by atoms with Gasteiger partial charge in [-0.25, -0.2) is 0 Å². The van der Waals surface area contributed by atoms with E-state index in [0.29, 0.717) is 16.8 Å². The monoisotopic (exact) mass is 357 g/mol. The van der Waals surface area contributed by atoms with Crippen LogP contribution in [0.15, 0.2) is 85.0 Å². The molecule has 1 unspecified atom stereocenters. The fourth-order valence-electron chi connectivity index (χ4n) is 3.21. The normalized spacial score (nSPS) is 18.7. The second-order valence-corrected chi connectivity index (χ2v) is 6.02. The predicted molar refractivity (Wildman–Crippen MR) is 99.7 cm³/mol. The van der Waals surface area contributed by atoms with Crippen molar-refractivity contribution in [2.75, 3.05) is 4.90 Å². The summed E-state index contributed by atoms with van der Waals surface area (Å²) in [7, 11) is 0. The molecule has 6 heteroatoms. The van der Waals surface area contributed by atoms with Crippen LogP contribution in [0.2, 0.25) is 0 Å². The van der Waals surface area contributed by atoms with Gasteiger partial charge in [-0.2, -0.15) is 0 Å². The summed E-state index contributed by atoms with van der Waals surface area (Å²) in [5, 5.41) is 10.8. The van der Waals surface area contributed by atoms with Gasteiger partial charge in [0, 0.05) is 36.0 Å². The number of hydrogen-bond acceptors (Lipinski definition) is 5. The molecule has 0 saturated carbocycles. The maximum atomic E-state index is 12.8. The van der Waals surface area contributed by atoms with Crippen LogP contribution in [0.3, 0.4) is 0 Å². The lowest BCUT2D eigenvalue weighted by atomic mass is 9.96. The summed E-state index contributed by atoms with van der Waals surface area (Å²) in [4.78, 5) is 35.0. The smallest absolute Gasteiger partial charge is 0.300 e. The molecule has 1 aromatic carbocycles. The van der Waals surface area contributed by atoms with Crippen molar-refractivity contribution in [1.29, 1.82) is 0 Å². The van der Waals surface area contributed by atoms with Gasteiger partial charge in [0.15, 0.2) is 0 Å². The van der Waals surface area contributed by atoms with Gasteiger partial charge in [-0.3, -0.25) is 24.5 Å². The van der Waals surface area contributed by atoms with E-state index in [4.69, 9.17) is 0 Å². The summed E-state index contributed by atoms with van der Waals surface area (Å²) in [6, 6.07) is 14.8. The molecule has 0 bridgehead atoms. The van der Waals surface area contributed by atoms with E-state index in [2.05, 4.69) is 9.97 Å². The number of ketones is 1. The van der Waals surface area contributed by atoms with Crippen LogP contribution < -0.4 is 4.90 Å². The average Bonchev–Trinajstić information content (AvgIpc) is 3.00. The topological polar surface area (TPSA) is 83.4 Å². The van der Waals surface area contributed by atoms with Crippen LogP contribution in [0.25, 0.3) is 5.76 Å². The number of para-hydroxylation sites is 1. The van der Waals surface area contributed by atoms with Crippen LogP contribution in [0.1, 0.15) is 17.2 Å². The molecule has 1 amide bonds. The van der Waals surface area contributed by atoms with Crippen molar-refractivity contribution in [3.63, 3.8) is 0 Å². The van der Waals surface area contributed by atoms with Crippen LogP contribution in [0.4, 0.5) is 5.69 Å². The van der Waals surface area contributed by atoms with Crippen molar-refractivity contribution in [3.05, 3.63) is 96.1 Å². The molecular formula is C21H15N3O3. The van der Waals surface area contributed by atoms with Gasteiger partial charge < -0.3 is 5.11 Å². The summed E-state index contributed by atoms with van der Waals surface area (Å²) < 4.78 is 0. The van der Waals surface area contributed by atoms with Gasteiger partial charge in [-0.15, -0.1) is 0 Å². The van der Waals surface area contributed by atoms with Crippen molar-refractivity contribution in [1.82, 2.24) is 9.97 Å². The van der Waals surface area contributed by atoms with Crippen molar-refractivity contribution < 1.29 is 14.7 Å². The maximum Gasteiger partial charge on any atom is 0.300 e. The van der Waals surface area contributed by atoms with E-state index < -0.39 is 17.7 Å². The molecule has 1 atom stereocenters. The van der Waals surface area contributed by atoms with Gasteiger partial charge in [0.25, 0.3) is 11.7 Å². The Labute approximate surface area is 155 Å². The quantitative estimate of drug-likeness (QED) is 0.442. The standard InChI is InChI=1S/C21H15N3O3/c25-19(15-8-12-23-13-9-15)17-18(14-6-10-22-11-7-14)24(21(27)20(17)26)16-4-2-1-3-5-16/h1-13,18,25H/b19-17-. The minimum atomic E-state index is -0.747. The Morgan fingerprint density at radius 1 is 0.852 bits per heavy atom. The van der Waals surface area contributed by atoms with Gasteiger partial charge in [0.1, 0.15) is 5.76 Å². The second-order valence-electron chi connectivity index (χ2n) is 6.02. The maximum absolute atomic E-state index is 12.8. The Morgan fingerprint density at radius 2 is 1.44 bits per heavy atom. The first-order chi connectivity index (χ1) is 13.2. The zero-order valence-electron chi connectivity index (χ0n) is 14.2. The number of carbonyl (C=O) groups is 2. The third-order valence-corrected chi connectivity index (χ3v) is 4.45. The first-order valence-electron chi connectivity index (χ1n) is 8.35. The number of rotatable bonds is 3. The van der Waals surface area contributed by atoms with E-state index in [0.717, 1.165) is 0 Å². The number of hydrogen-bond donors (Lipinski definition) is 1. The number of Topliss-reactive ketones (excluding diaryl/α,β-unsaturated/α-hetero) is 1. The van der Waals surface area contributed by atoms with Crippen LogP contribution in [-0.2, 0) is 9.59 Å². The van der Waals surface area contributed by atoms with Crippen LogP contribution in [0, 0.1) is 0 Å². The molecule has 132 valence electrons. The van der Waals surface area contributed by atoms with Crippen LogP contribution in [-0.4, -0.2) is 26.8 Å². The summed E-state index contributed by atoms with van der Waals surface area (Å²) in [6.45, 7) is 0. The minimum absolute atomic E-state index is 0.0428. The molecule has 1 N–H and O–H groups in total. The SMILES string of the molecule is O=C1C(=O)N(c2ccccc2)C(c2ccncc2)/C1=C(/O)c1ccncc1. The Bertz CT molecular complexity index is 1020. The van der Waals surface area contributed by atoms with E-state index in [1.807, 2.05) is 6.07 Å². The molecule has 3 heterocycles. The van der Waals surface area contributed by atoms with Crippen LogP contribution >= 0.6 is 0 Å². The molecule has 0 aliphatic carbocycles. The van der Waals surface area contributed by atoms with Crippen LogP contribution in [0.5, 0.6) is 0 Å². The first-order valence-corrected chi connectivity index (χ1v) is 8.35. The number of benzene rings is 1. The van der Waals surface area contributed by atoms with Gasteiger partial charge in [-0.1, -0.05) is 18.2 Å². The highest BCUT2D eigenvalue weighted by atomic mass is 16.3. The van der Waals surface area contributed by atoms with Crippen molar-refractivity contribution in [2.45, 2.75) is 6.04 Å². The van der Waals surface area contributed by atoms with Crippen molar-refractivity contribution >= 4 is 23.1 Å². The number of anilines is 1. The Morgan fingerprint density at radius 3 is 2.07 bits per heavy atom. The van der Waals surface area contributed by atoms with E-state index in [1.165, 1.54) is 17.3 Å². The molecule has 3 aromatic rings. The summed E-state index contributed by atoms with van der Waals surface area (Å²) >= 11 is 0. The third kappa shape index (κ3) is 2.87. The van der Waals surface area contributed by atoms with Gasteiger partial charge >= 0.3 is 0 Å². The summed E-state index contributed by atoms with van der Waals surface area (Å²) in [6.07, 6.45) is 6.22. The predicted octanol–water partition coefficient (Wildman–Crippen LogP) is 3.10. The lowest BCUT2D eigenvalue weighted by molar-refractivity contribution is -0.132. The molecule has 2 aromatic heterocycles. The highest BCUT2D eigenvalue weighted by molar-refractivity contribution is 6.51. The molecule has 27 heavy (non-hydrogen) atoms. The lowest BCUT2D eigenvalue weighted by Gasteiger charge is -2.25. The molecule has 0 radical (unpaired) electrons. The molecular weight excluding hydrogens is 342 g/mol. The number of nitrogens with zero attached hydrogens (tertiary/aromatic N) is 3. The first kappa shape index (κ1) is 16.7. The number of aromatic nitrogens is 2. The van der Waals surface area contributed by atoms with E-state index in [1.54, 1.807) is 60.9 Å². The highest BCUT2D eigenvalue weighted by Crippen LogP contribution is 2.41. The van der Waals surface area contributed by atoms with Gasteiger partial charge in [-0.05, 0) is 42.0 Å². The number of aliphatic hydroxyl groups is 1. The number of amides is 1. The molecule has 1 fully saturated rings. The van der Waals surface area contributed by atoms with E-state index in [9.17, 15) is 14.7 Å². The molecule has 4 rings (SSSR count). The highest BCUT2D eigenvalue weighted by Gasteiger charge is 2.46. The number of pyridine rings is 2. The summed E-state index contributed by atoms with van der Waals surface area (Å²) in [5.74, 6) is -1.63. The Hall–Kier alpha value is -3.80. The molecule has 6 nitrogen and oxygen atoms in total. The lowest BCUT2D eigenvalue weighted by Crippen LogP contribution is -2.29. The minimum Gasteiger partial charge on any atom is -0.507 e. The Kier molecular flexibility index (Phi) is 4.22. The average molecular weight is 357 g/mol. The van der Waals surface area contributed by atoms with Gasteiger partial charge in [0.05, 0.1) is 11.6 Å². The fourth-order valence-corrected chi connectivity index (χ4v) is 3.21. The Balaban J connectivity index is 1.95. The summed E-state index contributed by atoms with van der Waals surface area (Å²) in [5.41, 5.74) is 1.73. The number of aliphatic hydroxyl groups excluding tert-OH is 1. The molecule has 1 aliphatic rings. The zero-order valence-corrected chi connectivity index (χ0v) is 14.2. The largest absolute Gasteiger partial charge is 0.507 e.